The summed E-state index contributed by atoms with van der Waals surface area (Å²) in [4.78, 5) is 2.41. The van der Waals surface area contributed by atoms with Crippen molar-refractivity contribution in [2.24, 2.45) is 5.73 Å². The molecule has 0 aromatic rings. The van der Waals surface area contributed by atoms with Gasteiger partial charge in [0.05, 0.1) is 0 Å². The number of rotatable bonds is 3. The number of nitrogens with two attached hydrogens (primary N) is 1. The molecule has 1 aliphatic rings. The summed E-state index contributed by atoms with van der Waals surface area (Å²) >= 11 is 5.83. The molecule has 0 aliphatic carbocycles. The van der Waals surface area contributed by atoms with Crippen molar-refractivity contribution >= 4 is 11.6 Å². The van der Waals surface area contributed by atoms with Gasteiger partial charge in [0.25, 0.3) is 0 Å². The first-order valence-electron chi connectivity index (χ1n) is 4.38. The predicted molar refractivity (Wildman–Crippen MR) is 49.0 cm³/mol. The van der Waals surface area contributed by atoms with Crippen LogP contribution < -0.4 is 5.73 Å². The van der Waals surface area contributed by atoms with E-state index in [1.54, 1.807) is 0 Å². The fourth-order valence-corrected chi connectivity index (χ4v) is 2.04. The van der Waals surface area contributed by atoms with E-state index in [-0.39, 0.29) is 0 Å². The third-order valence-corrected chi connectivity index (χ3v) is 2.70. The highest BCUT2D eigenvalue weighted by molar-refractivity contribution is 6.18. The lowest BCUT2D eigenvalue weighted by Gasteiger charge is -2.34. The Morgan fingerprint density at radius 3 is 2.91 bits per heavy atom. The van der Waals surface area contributed by atoms with E-state index in [1.807, 2.05) is 0 Å². The van der Waals surface area contributed by atoms with Crippen molar-refractivity contribution in [3.63, 3.8) is 0 Å². The monoisotopic (exact) mass is 176 g/mol. The van der Waals surface area contributed by atoms with Gasteiger partial charge >= 0.3 is 0 Å². The van der Waals surface area contributed by atoms with Crippen LogP contribution in [0, 0.1) is 0 Å². The zero-order valence-corrected chi connectivity index (χ0v) is 7.69. The second-order valence-corrected chi connectivity index (χ2v) is 3.44. The van der Waals surface area contributed by atoms with Crippen molar-refractivity contribution in [2.45, 2.75) is 25.3 Å². The Bertz CT molecular complexity index is 106. The maximum absolute atomic E-state index is 5.83. The van der Waals surface area contributed by atoms with E-state index in [1.165, 1.54) is 25.8 Å². The van der Waals surface area contributed by atoms with Crippen molar-refractivity contribution in [3.05, 3.63) is 0 Å². The molecule has 2 N–H and O–H groups in total. The summed E-state index contributed by atoms with van der Waals surface area (Å²) < 4.78 is 0. The quantitative estimate of drug-likeness (QED) is 0.652. The topological polar surface area (TPSA) is 29.3 Å². The predicted octanol–water partition coefficient (Wildman–Crippen LogP) is 1.04. The molecular formula is C8H17ClN2. The molecule has 0 aromatic carbocycles. The highest BCUT2D eigenvalue weighted by Crippen LogP contribution is 2.16. The molecule has 0 aromatic heterocycles. The van der Waals surface area contributed by atoms with Gasteiger partial charge < -0.3 is 5.73 Å². The molecule has 1 aliphatic heterocycles. The van der Waals surface area contributed by atoms with E-state index in [9.17, 15) is 0 Å². The van der Waals surface area contributed by atoms with Crippen molar-refractivity contribution in [1.82, 2.24) is 4.90 Å². The lowest BCUT2D eigenvalue weighted by atomic mass is 10.0. The van der Waals surface area contributed by atoms with Gasteiger partial charge in [0, 0.05) is 25.0 Å². The van der Waals surface area contributed by atoms with Crippen LogP contribution in [0.2, 0.25) is 0 Å². The summed E-state index contributed by atoms with van der Waals surface area (Å²) in [6.07, 6.45) is 3.90. The molecule has 0 bridgehead atoms. The summed E-state index contributed by atoms with van der Waals surface area (Å²) in [5, 5.41) is 0. The molecule has 11 heavy (non-hydrogen) atoms. The van der Waals surface area contributed by atoms with Gasteiger partial charge in [-0.2, -0.15) is 0 Å². The molecule has 66 valence electrons. The minimum atomic E-state index is 0.592. The first-order chi connectivity index (χ1) is 5.38. The summed E-state index contributed by atoms with van der Waals surface area (Å²) in [5.74, 6) is 0.764. The highest BCUT2D eigenvalue weighted by atomic mass is 35.5. The molecule has 1 rings (SSSR count). The van der Waals surface area contributed by atoms with Crippen LogP contribution in [0.25, 0.3) is 0 Å². The Labute approximate surface area is 73.7 Å². The van der Waals surface area contributed by atoms with Gasteiger partial charge in [0.15, 0.2) is 0 Å². The molecule has 3 heteroatoms. The number of hydrogen-bond acceptors (Lipinski definition) is 2. The smallest absolute Gasteiger partial charge is 0.0379 e. The summed E-state index contributed by atoms with van der Waals surface area (Å²) in [7, 11) is 0. The summed E-state index contributed by atoms with van der Waals surface area (Å²) in [6, 6.07) is 0.592. The highest BCUT2D eigenvalue weighted by Gasteiger charge is 2.19. The summed E-state index contributed by atoms with van der Waals surface area (Å²) in [6.45, 7) is 2.96. The minimum Gasteiger partial charge on any atom is -0.329 e. The number of piperidine rings is 1. The Morgan fingerprint density at radius 1 is 1.45 bits per heavy atom. The minimum absolute atomic E-state index is 0.592. The Hall–Kier alpha value is 0.210. The van der Waals surface area contributed by atoms with Crippen LogP contribution in [0.1, 0.15) is 19.3 Å². The molecule has 0 saturated carbocycles. The molecule has 1 fully saturated rings. The van der Waals surface area contributed by atoms with Gasteiger partial charge in [0.2, 0.25) is 0 Å². The molecule has 0 amide bonds. The third kappa shape index (κ3) is 2.62. The van der Waals surface area contributed by atoms with E-state index in [2.05, 4.69) is 4.90 Å². The summed E-state index contributed by atoms with van der Waals surface area (Å²) in [5.41, 5.74) is 5.49. The van der Waals surface area contributed by atoms with Crippen LogP contribution >= 0.6 is 11.6 Å². The second kappa shape index (κ2) is 4.96. The maximum atomic E-state index is 5.83. The van der Waals surface area contributed by atoms with Crippen molar-refractivity contribution in [2.75, 3.05) is 25.5 Å². The molecule has 0 spiro atoms. The Morgan fingerprint density at radius 2 is 2.27 bits per heavy atom. The second-order valence-electron chi connectivity index (χ2n) is 3.13. The van der Waals surface area contributed by atoms with Crippen LogP contribution in [0.5, 0.6) is 0 Å². The zero-order valence-electron chi connectivity index (χ0n) is 6.93. The van der Waals surface area contributed by atoms with Gasteiger partial charge in [-0.25, -0.2) is 0 Å². The van der Waals surface area contributed by atoms with Gasteiger partial charge in [-0.1, -0.05) is 6.42 Å². The largest absolute Gasteiger partial charge is 0.329 e. The lowest BCUT2D eigenvalue weighted by Crippen LogP contribution is -2.43. The van der Waals surface area contributed by atoms with E-state index in [0.717, 1.165) is 19.0 Å². The van der Waals surface area contributed by atoms with Crippen LogP contribution in [0.4, 0.5) is 0 Å². The van der Waals surface area contributed by atoms with Crippen molar-refractivity contribution in [3.8, 4) is 0 Å². The molecule has 1 heterocycles. The Kier molecular flexibility index (Phi) is 4.20. The van der Waals surface area contributed by atoms with Gasteiger partial charge in [-0.15, -0.1) is 11.6 Å². The fourth-order valence-electron chi connectivity index (χ4n) is 1.69. The molecule has 0 radical (unpaired) electrons. The average Bonchev–Trinajstić information content (AvgIpc) is 2.06. The van der Waals surface area contributed by atoms with Gasteiger partial charge in [-0.3, -0.25) is 4.90 Å². The third-order valence-electron chi connectivity index (χ3n) is 2.34. The van der Waals surface area contributed by atoms with Gasteiger partial charge in [-0.05, 0) is 19.4 Å². The Balaban J connectivity index is 2.31. The fraction of sp³-hybridized carbons (Fsp3) is 1.00. The van der Waals surface area contributed by atoms with Crippen molar-refractivity contribution in [1.29, 1.82) is 0 Å². The first kappa shape index (κ1) is 9.30. The zero-order chi connectivity index (χ0) is 8.10. The number of hydrogen-bond donors (Lipinski definition) is 1. The van der Waals surface area contributed by atoms with Crippen LogP contribution in [0.15, 0.2) is 0 Å². The van der Waals surface area contributed by atoms with Crippen molar-refractivity contribution < 1.29 is 0 Å². The number of nitrogens with zero attached hydrogens (tertiary/aromatic N) is 1. The lowest BCUT2D eigenvalue weighted by molar-refractivity contribution is 0.168. The maximum Gasteiger partial charge on any atom is 0.0379 e. The van der Waals surface area contributed by atoms with Crippen LogP contribution in [0.3, 0.4) is 0 Å². The number of halogens is 1. The molecule has 2 nitrogen and oxygen atoms in total. The van der Waals surface area contributed by atoms with E-state index < -0.39 is 0 Å². The molecule has 1 atom stereocenters. The van der Waals surface area contributed by atoms with Crippen LogP contribution in [-0.4, -0.2) is 36.5 Å². The SMILES string of the molecule is NCCN1CCCCC1CCl. The standard InChI is InChI=1S/C8H17ClN2/c9-7-8-3-1-2-5-11(8)6-4-10/h8H,1-7,10H2. The molecular weight excluding hydrogens is 160 g/mol. The first-order valence-corrected chi connectivity index (χ1v) is 4.92. The van der Waals surface area contributed by atoms with E-state index in [4.69, 9.17) is 17.3 Å². The number of likely N-dealkylation sites (tertiary alicyclic amines) is 1. The normalized spacial score (nSPS) is 27.3. The van der Waals surface area contributed by atoms with E-state index in [0.29, 0.717) is 6.04 Å². The van der Waals surface area contributed by atoms with Gasteiger partial charge in [0.1, 0.15) is 0 Å². The molecule has 1 saturated heterocycles. The van der Waals surface area contributed by atoms with E-state index >= 15 is 0 Å². The van der Waals surface area contributed by atoms with Crippen LogP contribution in [-0.2, 0) is 0 Å². The average molecular weight is 177 g/mol. The molecule has 1 unspecified atom stereocenters. The number of alkyl halides is 1.